The fraction of sp³-hybridized carbons (Fsp3) is 0.0909. The van der Waals surface area contributed by atoms with Gasteiger partial charge in [-0.1, -0.05) is 5.92 Å². The second-order valence-corrected chi connectivity index (χ2v) is 2.89. The van der Waals surface area contributed by atoms with Crippen molar-refractivity contribution < 1.29 is 0 Å². The van der Waals surface area contributed by atoms with Gasteiger partial charge in [-0.25, -0.2) is 4.98 Å². The van der Waals surface area contributed by atoms with E-state index in [0.717, 1.165) is 11.0 Å². The Morgan fingerprint density at radius 3 is 3.07 bits per heavy atom. The lowest BCUT2D eigenvalue weighted by atomic mass is 10.2. The van der Waals surface area contributed by atoms with Gasteiger partial charge in [0.1, 0.15) is 0 Å². The summed E-state index contributed by atoms with van der Waals surface area (Å²) in [5.41, 5.74) is 2.38. The molecule has 66 valence electrons. The Kier molecular flexibility index (Phi) is 1.93. The number of benzene rings is 1. The highest BCUT2D eigenvalue weighted by molar-refractivity contribution is 5.77. The van der Waals surface area contributed by atoms with E-state index in [1.54, 1.807) is 18.5 Å². The van der Waals surface area contributed by atoms with Crippen LogP contribution in [-0.4, -0.2) is 9.55 Å². The van der Waals surface area contributed by atoms with Crippen LogP contribution in [0, 0.1) is 23.7 Å². The molecule has 0 fully saturated rings. The number of hydrogen-bond acceptors (Lipinski definition) is 2. The van der Waals surface area contributed by atoms with Gasteiger partial charge in [0.15, 0.2) is 0 Å². The average Bonchev–Trinajstić information content (AvgIpc) is 2.61. The van der Waals surface area contributed by atoms with Crippen LogP contribution in [0.2, 0.25) is 0 Å². The topological polar surface area (TPSA) is 41.6 Å². The molecule has 0 aliphatic rings. The molecule has 0 radical (unpaired) electrons. The second kappa shape index (κ2) is 3.24. The molecule has 1 aromatic heterocycles. The van der Waals surface area contributed by atoms with Crippen molar-refractivity contribution in [2.75, 3.05) is 0 Å². The predicted molar refractivity (Wildman–Crippen MR) is 53.3 cm³/mol. The first-order valence-electron chi connectivity index (χ1n) is 4.13. The summed E-state index contributed by atoms with van der Waals surface area (Å²) in [4.78, 5) is 4.16. The summed E-state index contributed by atoms with van der Waals surface area (Å²) >= 11 is 0. The van der Waals surface area contributed by atoms with E-state index in [-0.39, 0.29) is 0 Å². The van der Waals surface area contributed by atoms with Crippen LogP contribution in [0.15, 0.2) is 24.5 Å². The van der Waals surface area contributed by atoms with Gasteiger partial charge in [-0.2, -0.15) is 5.26 Å². The molecule has 0 aliphatic heterocycles. The van der Waals surface area contributed by atoms with Gasteiger partial charge in [0.2, 0.25) is 0 Å². The Morgan fingerprint density at radius 2 is 2.36 bits per heavy atom. The Hall–Kier alpha value is -2.26. The zero-order valence-corrected chi connectivity index (χ0v) is 7.44. The number of terminal acetylenes is 1. The zero-order chi connectivity index (χ0) is 9.97. The number of fused-ring (bicyclic) bond motifs is 1. The number of nitriles is 1. The van der Waals surface area contributed by atoms with E-state index < -0.39 is 0 Å². The van der Waals surface area contributed by atoms with Crippen LogP contribution < -0.4 is 0 Å². The molecule has 0 aliphatic carbocycles. The fourth-order valence-corrected chi connectivity index (χ4v) is 1.36. The second-order valence-electron chi connectivity index (χ2n) is 2.89. The van der Waals surface area contributed by atoms with E-state index >= 15 is 0 Å². The molecule has 1 aromatic carbocycles. The predicted octanol–water partition coefficient (Wildman–Crippen LogP) is 1.54. The van der Waals surface area contributed by atoms with Crippen LogP contribution in [-0.2, 0) is 6.54 Å². The Balaban J connectivity index is 2.62. The first-order chi connectivity index (χ1) is 6.85. The summed E-state index contributed by atoms with van der Waals surface area (Å²) in [5, 5.41) is 8.69. The number of imidazole rings is 1. The van der Waals surface area contributed by atoms with Crippen molar-refractivity contribution in [3.63, 3.8) is 0 Å². The minimum atomic E-state index is 0.502. The van der Waals surface area contributed by atoms with Gasteiger partial charge in [-0.3, -0.25) is 0 Å². The van der Waals surface area contributed by atoms with Gasteiger partial charge in [0.25, 0.3) is 0 Å². The quantitative estimate of drug-likeness (QED) is 0.626. The lowest BCUT2D eigenvalue weighted by Gasteiger charge is -1.96. The summed E-state index contributed by atoms with van der Waals surface area (Å²) in [6.07, 6.45) is 6.90. The minimum absolute atomic E-state index is 0.502. The van der Waals surface area contributed by atoms with Crippen molar-refractivity contribution in [1.82, 2.24) is 9.55 Å². The van der Waals surface area contributed by atoms with Crippen molar-refractivity contribution in [1.29, 1.82) is 5.26 Å². The average molecular weight is 181 g/mol. The van der Waals surface area contributed by atoms with Crippen molar-refractivity contribution in [3.05, 3.63) is 30.1 Å². The van der Waals surface area contributed by atoms with Crippen LogP contribution in [0.25, 0.3) is 11.0 Å². The summed E-state index contributed by atoms with van der Waals surface area (Å²) in [6, 6.07) is 7.44. The summed E-state index contributed by atoms with van der Waals surface area (Å²) in [6.45, 7) is 0.502. The number of aromatic nitrogens is 2. The molecule has 0 N–H and O–H groups in total. The van der Waals surface area contributed by atoms with Crippen LogP contribution in [0.5, 0.6) is 0 Å². The third-order valence-corrected chi connectivity index (χ3v) is 2.01. The molecule has 0 atom stereocenters. The van der Waals surface area contributed by atoms with Crippen molar-refractivity contribution in [2.24, 2.45) is 0 Å². The van der Waals surface area contributed by atoms with Crippen molar-refractivity contribution in [2.45, 2.75) is 6.54 Å². The molecule has 0 unspecified atom stereocenters. The molecule has 3 nitrogen and oxygen atoms in total. The molecule has 0 saturated heterocycles. The SMILES string of the molecule is C#CCn1cnc2cc(C#N)ccc21. The van der Waals surface area contributed by atoms with Gasteiger partial charge in [0.05, 0.1) is 35.5 Å². The highest BCUT2D eigenvalue weighted by Gasteiger charge is 2.01. The molecule has 0 spiro atoms. The van der Waals surface area contributed by atoms with Crippen LogP contribution in [0.3, 0.4) is 0 Å². The van der Waals surface area contributed by atoms with Crippen LogP contribution in [0.4, 0.5) is 0 Å². The molecule has 0 saturated carbocycles. The highest BCUT2D eigenvalue weighted by Crippen LogP contribution is 2.13. The van der Waals surface area contributed by atoms with Gasteiger partial charge in [0, 0.05) is 0 Å². The Morgan fingerprint density at radius 1 is 1.50 bits per heavy atom. The first kappa shape index (κ1) is 8.34. The standard InChI is InChI=1S/C11H7N3/c1-2-5-14-8-13-10-6-9(7-12)3-4-11(10)14/h1,3-4,6,8H,5H2. The minimum Gasteiger partial charge on any atom is -0.319 e. The molecule has 3 heteroatoms. The van der Waals surface area contributed by atoms with E-state index in [9.17, 15) is 0 Å². The first-order valence-corrected chi connectivity index (χ1v) is 4.13. The maximum absolute atomic E-state index is 8.69. The maximum atomic E-state index is 8.69. The van der Waals surface area contributed by atoms with Gasteiger partial charge < -0.3 is 4.57 Å². The lowest BCUT2D eigenvalue weighted by Crippen LogP contribution is -1.92. The smallest absolute Gasteiger partial charge is 0.0992 e. The van der Waals surface area contributed by atoms with E-state index in [2.05, 4.69) is 17.0 Å². The van der Waals surface area contributed by atoms with Crippen molar-refractivity contribution >= 4 is 11.0 Å². The third kappa shape index (κ3) is 1.22. The zero-order valence-electron chi connectivity index (χ0n) is 7.44. The molecule has 1 heterocycles. The Labute approximate surface area is 81.6 Å². The van der Waals surface area contributed by atoms with Gasteiger partial charge >= 0.3 is 0 Å². The number of rotatable bonds is 1. The van der Waals surface area contributed by atoms with E-state index in [4.69, 9.17) is 11.7 Å². The highest BCUT2D eigenvalue weighted by atomic mass is 15.0. The fourth-order valence-electron chi connectivity index (χ4n) is 1.36. The molecule has 0 bridgehead atoms. The van der Waals surface area contributed by atoms with Crippen LogP contribution >= 0.6 is 0 Å². The maximum Gasteiger partial charge on any atom is 0.0992 e. The molecule has 0 amide bonds. The summed E-state index contributed by atoms with van der Waals surface area (Å²) in [5.74, 6) is 2.55. The largest absolute Gasteiger partial charge is 0.319 e. The van der Waals surface area contributed by atoms with Gasteiger partial charge in [-0.15, -0.1) is 6.42 Å². The lowest BCUT2D eigenvalue weighted by molar-refractivity contribution is 0.871. The molecular weight excluding hydrogens is 174 g/mol. The van der Waals surface area contributed by atoms with Crippen LogP contribution in [0.1, 0.15) is 5.56 Å². The van der Waals surface area contributed by atoms with Crippen molar-refractivity contribution in [3.8, 4) is 18.4 Å². The molecule has 14 heavy (non-hydrogen) atoms. The molecule has 2 aromatic rings. The third-order valence-electron chi connectivity index (χ3n) is 2.01. The van der Waals surface area contributed by atoms with E-state index in [1.807, 2.05) is 10.6 Å². The molecular formula is C11H7N3. The number of hydrogen-bond donors (Lipinski definition) is 0. The normalized spacial score (nSPS) is 9.57. The van der Waals surface area contributed by atoms with E-state index in [0.29, 0.717) is 12.1 Å². The van der Waals surface area contributed by atoms with E-state index in [1.165, 1.54) is 0 Å². The number of nitrogens with zero attached hydrogens (tertiary/aromatic N) is 3. The Bertz CT molecular complexity index is 552. The van der Waals surface area contributed by atoms with Gasteiger partial charge in [-0.05, 0) is 18.2 Å². The summed E-state index contributed by atoms with van der Waals surface area (Å²) < 4.78 is 1.87. The summed E-state index contributed by atoms with van der Waals surface area (Å²) in [7, 11) is 0. The monoisotopic (exact) mass is 181 g/mol. The molecule has 2 rings (SSSR count).